The van der Waals surface area contributed by atoms with Crippen LogP contribution in [0.5, 0.6) is 11.9 Å². The van der Waals surface area contributed by atoms with Crippen LogP contribution in [0.1, 0.15) is 27.7 Å². The fourth-order valence-electron chi connectivity index (χ4n) is 1.60. The van der Waals surface area contributed by atoms with Gasteiger partial charge in [-0.1, -0.05) is 30.0 Å². The zero-order valence-corrected chi connectivity index (χ0v) is 13.6. The average Bonchev–Trinajstić information content (AvgIpc) is 2.41. The second kappa shape index (κ2) is 7.31. The molecule has 1 aromatic carbocycles. The number of rotatable bonds is 6. The van der Waals surface area contributed by atoms with E-state index in [0.717, 1.165) is 9.79 Å². The smallest absolute Gasteiger partial charge is 0.320 e. The van der Waals surface area contributed by atoms with Crippen LogP contribution >= 0.6 is 11.8 Å². The molecule has 2 rings (SSSR count). The molecule has 0 aliphatic heterocycles. The van der Waals surface area contributed by atoms with Crippen LogP contribution in [0.15, 0.2) is 46.3 Å². The monoisotopic (exact) mass is 304 g/mol. The summed E-state index contributed by atoms with van der Waals surface area (Å²) in [7, 11) is 0. The van der Waals surface area contributed by atoms with E-state index in [0.29, 0.717) is 11.9 Å². The maximum absolute atomic E-state index is 5.79. The second-order valence-electron chi connectivity index (χ2n) is 5.07. The fourth-order valence-corrected chi connectivity index (χ4v) is 2.43. The molecule has 0 atom stereocenters. The van der Waals surface area contributed by atoms with E-state index in [1.807, 2.05) is 58.0 Å². The normalized spacial score (nSPS) is 11.0. The van der Waals surface area contributed by atoms with Gasteiger partial charge < -0.3 is 9.47 Å². The number of ether oxygens (including phenoxy) is 2. The second-order valence-corrected chi connectivity index (χ2v) is 6.19. The van der Waals surface area contributed by atoms with Crippen LogP contribution in [0.25, 0.3) is 0 Å². The van der Waals surface area contributed by atoms with Crippen molar-refractivity contribution in [3.8, 4) is 11.9 Å². The van der Waals surface area contributed by atoms with Gasteiger partial charge in [-0.3, -0.25) is 0 Å². The number of hydrogen-bond donors (Lipinski definition) is 0. The van der Waals surface area contributed by atoms with Crippen LogP contribution in [0.2, 0.25) is 0 Å². The minimum absolute atomic E-state index is 0.0320. The first-order valence-corrected chi connectivity index (χ1v) is 7.79. The van der Waals surface area contributed by atoms with E-state index in [9.17, 15) is 0 Å². The van der Waals surface area contributed by atoms with Gasteiger partial charge in [-0.2, -0.15) is 4.98 Å². The highest BCUT2D eigenvalue weighted by Gasteiger charge is 2.13. The largest absolute Gasteiger partial charge is 0.474 e. The molecule has 0 saturated carbocycles. The fraction of sp³-hybridized carbons (Fsp3) is 0.375. The standard InChI is InChI=1S/C16H20N2O2S/c1-11(2)19-15-14(21-13-8-6-5-7-9-13)10-17-16(18-15)20-12(3)4/h5-12H,1-4H3. The molecule has 1 heterocycles. The van der Waals surface area contributed by atoms with Crippen molar-refractivity contribution in [3.05, 3.63) is 36.5 Å². The van der Waals surface area contributed by atoms with Crippen LogP contribution in [0, 0.1) is 0 Å². The van der Waals surface area contributed by atoms with Crippen molar-refractivity contribution >= 4 is 11.8 Å². The van der Waals surface area contributed by atoms with Gasteiger partial charge in [-0.15, -0.1) is 0 Å². The Morgan fingerprint density at radius 3 is 2.24 bits per heavy atom. The molecule has 21 heavy (non-hydrogen) atoms. The Bertz CT molecular complexity index is 574. The number of nitrogens with zero attached hydrogens (tertiary/aromatic N) is 2. The van der Waals surface area contributed by atoms with Crippen molar-refractivity contribution < 1.29 is 9.47 Å². The van der Waals surface area contributed by atoms with E-state index in [1.54, 1.807) is 18.0 Å². The molecule has 0 radical (unpaired) electrons. The zero-order chi connectivity index (χ0) is 15.2. The topological polar surface area (TPSA) is 44.2 Å². The van der Waals surface area contributed by atoms with E-state index in [4.69, 9.17) is 9.47 Å². The summed E-state index contributed by atoms with van der Waals surface area (Å²) in [4.78, 5) is 10.6. The maximum atomic E-state index is 5.79. The summed E-state index contributed by atoms with van der Waals surface area (Å²) in [5.74, 6) is 0.560. The number of hydrogen-bond acceptors (Lipinski definition) is 5. The number of benzene rings is 1. The molecule has 0 saturated heterocycles. The molecule has 0 aliphatic carbocycles. The highest BCUT2D eigenvalue weighted by atomic mass is 32.2. The molecule has 0 spiro atoms. The summed E-state index contributed by atoms with van der Waals surface area (Å²) in [5, 5.41) is 0. The Balaban J connectivity index is 2.26. The van der Waals surface area contributed by atoms with Crippen molar-refractivity contribution in [3.63, 3.8) is 0 Å². The molecule has 0 bridgehead atoms. The van der Waals surface area contributed by atoms with E-state index in [1.165, 1.54) is 0 Å². The molecule has 4 nitrogen and oxygen atoms in total. The van der Waals surface area contributed by atoms with Crippen LogP contribution in [-0.2, 0) is 0 Å². The molecule has 0 N–H and O–H groups in total. The molecule has 0 amide bonds. The zero-order valence-electron chi connectivity index (χ0n) is 12.7. The van der Waals surface area contributed by atoms with Gasteiger partial charge in [0.15, 0.2) is 0 Å². The van der Waals surface area contributed by atoms with Crippen molar-refractivity contribution in [2.75, 3.05) is 0 Å². The SMILES string of the molecule is CC(C)Oc1ncc(Sc2ccccc2)c(OC(C)C)n1. The van der Waals surface area contributed by atoms with Gasteiger partial charge in [-0.05, 0) is 39.8 Å². The Morgan fingerprint density at radius 1 is 0.952 bits per heavy atom. The minimum atomic E-state index is 0.0320. The maximum Gasteiger partial charge on any atom is 0.320 e. The third-order valence-corrected chi connectivity index (χ3v) is 3.37. The Hall–Kier alpha value is -1.75. The summed E-state index contributed by atoms with van der Waals surface area (Å²) in [6.07, 6.45) is 1.83. The molecule has 112 valence electrons. The van der Waals surface area contributed by atoms with Crippen LogP contribution in [-0.4, -0.2) is 22.2 Å². The summed E-state index contributed by atoms with van der Waals surface area (Å²) in [6, 6.07) is 10.4. The van der Waals surface area contributed by atoms with Crippen molar-refractivity contribution in [1.29, 1.82) is 0 Å². The van der Waals surface area contributed by atoms with E-state index in [-0.39, 0.29) is 12.2 Å². The lowest BCUT2D eigenvalue weighted by atomic mass is 10.4. The van der Waals surface area contributed by atoms with E-state index < -0.39 is 0 Å². The van der Waals surface area contributed by atoms with Gasteiger partial charge in [0, 0.05) is 4.90 Å². The van der Waals surface area contributed by atoms with E-state index in [2.05, 4.69) is 9.97 Å². The molecule has 2 aromatic rings. The van der Waals surface area contributed by atoms with Gasteiger partial charge in [0.25, 0.3) is 0 Å². The van der Waals surface area contributed by atoms with Gasteiger partial charge in [0.2, 0.25) is 5.88 Å². The molecular formula is C16H20N2O2S. The Morgan fingerprint density at radius 2 is 1.62 bits per heavy atom. The first-order chi connectivity index (χ1) is 10.0. The molecular weight excluding hydrogens is 284 g/mol. The van der Waals surface area contributed by atoms with Gasteiger partial charge >= 0.3 is 6.01 Å². The van der Waals surface area contributed by atoms with E-state index >= 15 is 0 Å². The Kier molecular flexibility index (Phi) is 5.44. The molecule has 0 unspecified atom stereocenters. The minimum Gasteiger partial charge on any atom is -0.474 e. The molecule has 0 aliphatic rings. The predicted molar refractivity (Wildman–Crippen MR) is 84.1 cm³/mol. The van der Waals surface area contributed by atoms with Crippen molar-refractivity contribution in [2.45, 2.75) is 49.7 Å². The highest BCUT2D eigenvalue weighted by molar-refractivity contribution is 7.99. The first kappa shape index (κ1) is 15.6. The quantitative estimate of drug-likeness (QED) is 0.800. The van der Waals surface area contributed by atoms with Gasteiger partial charge in [0.1, 0.15) is 0 Å². The highest BCUT2D eigenvalue weighted by Crippen LogP contribution is 2.34. The average molecular weight is 304 g/mol. The van der Waals surface area contributed by atoms with Crippen molar-refractivity contribution in [2.24, 2.45) is 0 Å². The lowest BCUT2D eigenvalue weighted by molar-refractivity contribution is 0.199. The van der Waals surface area contributed by atoms with Crippen molar-refractivity contribution in [1.82, 2.24) is 9.97 Å². The summed E-state index contributed by atoms with van der Waals surface area (Å²) < 4.78 is 11.3. The summed E-state index contributed by atoms with van der Waals surface area (Å²) in [6.45, 7) is 7.84. The third kappa shape index (κ3) is 4.93. The molecule has 1 aromatic heterocycles. The summed E-state index contributed by atoms with van der Waals surface area (Å²) >= 11 is 1.58. The lowest BCUT2D eigenvalue weighted by Gasteiger charge is -2.14. The predicted octanol–water partition coefficient (Wildman–Crippen LogP) is 4.20. The Labute approximate surface area is 129 Å². The lowest BCUT2D eigenvalue weighted by Crippen LogP contribution is -2.12. The van der Waals surface area contributed by atoms with Crippen LogP contribution in [0.4, 0.5) is 0 Å². The van der Waals surface area contributed by atoms with Crippen LogP contribution in [0.3, 0.4) is 0 Å². The third-order valence-electron chi connectivity index (χ3n) is 2.36. The first-order valence-electron chi connectivity index (χ1n) is 6.98. The number of aromatic nitrogens is 2. The van der Waals surface area contributed by atoms with Gasteiger partial charge in [0.05, 0.1) is 23.3 Å². The van der Waals surface area contributed by atoms with Crippen LogP contribution < -0.4 is 9.47 Å². The molecule has 0 fully saturated rings. The van der Waals surface area contributed by atoms with Gasteiger partial charge in [-0.25, -0.2) is 4.98 Å². The summed E-state index contributed by atoms with van der Waals surface area (Å²) in [5.41, 5.74) is 0. The molecule has 5 heteroatoms.